The standard InChI is InChI=1S/C15H27N5O/c1-11-14(12(2)20(4)19-11)7-8-17-15(16-3)18-10-13-6-5-9-21-13/h13H,5-10H2,1-4H3,(H2,16,17,18). The van der Waals surface area contributed by atoms with Crippen molar-refractivity contribution in [3.8, 4) is 0 Å². The summed E-state index contributed by atoms with van der Waals surface area (Å²) in [5, 5.41) is 11.1. The first kappa shape index (κ1) is 15.8. The van der Waals surface area contributed by atoms with Crippen molar-refractivity contribution < 1.29 is 4.74 Å². The molecule has 1 fully saturated rings. The van der Waals surface area contributed by atoms with Gasteiger partial charge in [0, 0.05) is 39.5 Å². The summed E-state index contributed by atoms with van der Waals surface area (Å²) in [6.07, 6.45) is 3.58. The van der Waals surface area contributed by atoms with Crippen LogP contribution in [0.2, 0.25) is 0 Å². The Kier molecular flexibility index (Phi) is 5.61. The molecule has 118 valence electrons. The predicted octanol–water partition coefficient (Wildman–Crippen LogP) is 0.923. The van der Waals surface area contributed by atoms with E-state index in [-0.39, 0.29) is 0 Å². The van der Waals surface area contributed by atoms with Crippen LogP contribution in [-0.2, 0) is 18.2 Å². The van der Waals surface area contributed by atoms with Crippen molar-refractivity contribution in [1.82, 2.24) is 20.4 Å². The van der Waals surface area contributed by atoms with E-state index in [1.54, 1.807) is 7.05 Å². The smallest absolute Gasteiger partial charge is 0.191 e. The van der Waals surface area contributed by atoms with Gasteiger partial charge in [-0.25, -0.2) is 0 Å². The van der Waals surface area contributed by atoms with Gasteiger partial charge in [-0.1, -0.05) is 0 Å². The third-order valence-electron chi connectivity index (χ3n) is 4.07. The number of hydrogen-bond donors (Lipinski definition) is 2. The Balaban J connectivity index is 1.75. The van der Waals surface area contributed by atoms with Gasteiger partial charge >= 0.3 is 0 Å². The second-order valence-corrected chi connectivity index (χ2v) is 5.54. The molecule has 1 aromatic rings. The molecule has 2 heterocycles. The molecule has 1 aliphatic rings. The molecule has 1 aliphatic heterocycles. The van der Waals surface area contributed by atoms with Crippen molar-refractivity contribution in [2.45, 2.75) is 39.2 Å². The lowest BCUT2D eigenvalue weighted by Crippen LogP contribution is -2.41. The van der Waals surface area contributed by atoms with Crippen molar-refractivity contribution in [3.63, 3.8) is 0 Å². The normalized spacial score (nSPS) is 19.0. The summed E-state index contributed by atoms with van der Waals surface area (Å²) in [4.78, 5) is 4.25. The summed E-state index contributed by atoms with van der Waals surface area (Å²) in [6.45, 7) is 6.73. The minimum Gasteiger partial charge on any atom is -0.376 e. The van der Waals surface area contributed by atoms with E-state index in [9.17, 15) is 0 Å². The van der Waals surface area contributed by atoms with Gasteiger partial charge in [-0.15, -0.1) is 0 Å². The number of aryl methyl sites for hydroxylation is 2. The molecular weight excluding hydrogens is 266 g/mol. The third-order valence-corrected chi connectivity index (χ3v) is 4.07. The van der Waals surface area contributed by atoms with E-state index in [4.69, 9.17) is 4.74 Å². The van der Waals surface area contributed by atoms with Gasteiger partial charge in [-0.2, -0.15) is 5.10 Å². The Morgan fingerprint density at radius 1 is 1.43 bits per heavy atom. The third kappa shape index (κ3) is 4.20. The predicted molar refractivity (Wildman–Crippen MR) is 84.7 cm³/mol. The Labute approximate surface area is 127 Å². The first-order chi connectivity index (χ1) is 10.1. The van der Waals surface area contributed by atoms with Crippen LogP contribution in [0.3, 0.4) is 0 Å². The van der Waals surface area contributed by atoms with E-state index in [2.05, 4.69) is 34.6 Å². The van der Waals surface area contributed by atoms with Gasteiger partial charge in [0.1, 0.15) is 0 Å². The molecular formula is C15H27N5O. The minimum atomic E-state index is 0.325. The van der Waals surface area contributed by atoms with Crippen molar-refractivity contribution in [3.05, 3.63) is 17.0 Å². The molecule has 0 aliphatic carbocycles. The fourth-order valence-electron chi connectivity index (χ4n) is 2.72. The summed E-state index contributed by atoms with van der Waals surface area (Å²) in [5.74, 6) is 0.838. The van der Waals surface area contributed by atoms with E-state index in [0.29, 0.717) is 6.10 Å². The largest absolute Gasteiger partial charge is 0.376 e. The zero-order valence-electron chi connectivity index (χ0n) is 13.6. The molecule has 6 nitrogen and oxygen atoms in total. The maximum Gasteiger partial charge on any atom is 0.191 e. The van der Waals surface area contributed by atoms with Crippen LogP contribution in [0.4, 0.5) is 0 Å². The molecule has 21 heavy (non-hydrogen) atoms. The highest BCUT2D eigenvalue weighted by Crippen LogP contribution is 2.12. The number of hydrogen-bond acceptors (Lipinski definition) is 3. The van der Waals surface area contributed by atoms with Crippen LogP contribution in [0.15, 0.2) is 4.99 Å². The highest BCUT2D eigenvalue weighted by atomic mass is 16.5. The average molecular weight is 293 g/mol. The second-order valence-electron chi connectivity index (χ2n) is 5.54. The summed E-state index contributed by atoms with van der Waals surface area (Å²) in [7, 11) is 3.78. The Morgan fingerprint density at radius 2 is 2.24 bits per heavy atom. The molecule has 1 unspecified atom stereocenters. The van der Waals surface area contributed by atoms with Gasteiger partial charge in [-0.3, -0.25) is 9.67 Å². The molecule has 0 saturated carbocycles. The zero-order valence-corrected chi connectivity index (χ0v) is 13.6. The second kappa shape index (κ2) is 7.45. The van der Waals surface area contributed by atoms with Crippen molar-refractivity contribution in [2.24, 2.45) is 12.0 Å². The molecule has 2 N–H and O–H groups in total. The number of ether oxygens (including phenoxy) is 1. The summed E-state index contributed by atoms with van der Waals surface area (Å²) in [6, 6.07) is 0. The number of nitrogens with zero attached hydrogens (tertiary/aromatic N) is 3. The first-order valence-electron chi connectivity index (χ1n) is 7.67. The molecule has 0 amide bonds. The van der Waals surface area contributed by atoms with E-state index < -0.39 is 0 Å². The van der Waals surface area contributed by atoms with Crippen LogP contribution in [0.5, 0.6) is 0 Å². The Hall–Kier alpha value is -1.56. The molecule has 0 bridgehead atoms. The van der Waals surface area contributed by atoms with Crippen molar-refractivity contribution in [2.75, 3.05) is 26.7 Å². The van der Waals surface area contributed by atoms with Crippen LogP contribution >= 0.6 is 0 Å². The lowest BCUT2D eigenvalue weighted by Gasteiger charge is -2.15. The maximum atomic E-state index is 5.60. The summed E-state index contributed by atoms with van der Waals surface area (Å²) in [5.41, 5.74) is 3.66. The molecule has 0 spiro atoms. The van der Waals surface area contributed by atoms with Gasteiger partial charge in [0.15, 0.2) is 5.96 Å². The van der Waals surface area contributed by atoms with Crippen LogP contribution in [0.1, 0.15) is 29.8 Å². The quantitative estimate of drug-likeness (QED) is 0.626. The molecule has 0 aromatic carbocycles. The topological polar surface area (TPSA) is 63.5 Å². The number of aromatic nitrogens is 2. The summed E-state index contributed by atoms with van der Waals surface area (Å²) < 4.78 is 7.54. The van der Waals surface area contributed by atoms with Gasteiger partial charge < -0.3 is 15.4 Å². The number of aliphatic imine (C=N–C) groups is 1. The summed E-state index contributed by atoms with van der Waals surface area (Å²) >= 11 is 0. The zero-order chi connectivity index (χ0) is 15.2. The fourth-order valence-corrected chi connectivity index (χ4v) is 2.72. The van der Waals surface area contributed by atoms with E-state index in [0.717, 1.165) is 50.6 Å². The molecule has 1 aromatic heterocycles. The number of guanidine groups is 1. The number of nitrogens with one attached hydrogen (secondary N) is 2. The van der Waals surface area contributed by atoms with Gasteiger partial charge in [-0.05, 0) is 38.7 Å². The Bertz CT molecular complexity index is 488. The fraction of sp³-hybridized carbons (Fsp3) is 0.733. The van der Waals surface area contributed by atoms with Crippen LogP contribution in [0.25, 0.3) is 0 Å². The highest BCUT2D eigenvalue weighted by molar-refractivity contribution is 5.79. The average Bonchev–Trinajstić information content (AvgIpc) is 3.06. The molecule has 1 saturated heterocycles. The van der Waals surface area contributed by atoms with Gasteiger partial charge in [0.05, 0.1) is 11.8 Å². The van der Waals surface area contributed by atoms with Gasteiger partial charge in [0.2, 0.25) is 0 Å². The van der Waals surface area contributed by atoms with Gasteiger partial charge in [0.25, 0.3) is 0 Å². The van der Waals surface area contributed by atoms with Crippen LogP contribution < -0.4 is 10.6 Å². The lowest BCUT2D eigenvalue weighted by molar-refractivity contribution is 0.114. The molecule has 0 radical (unpaired) electrons. The van der Waals surface area contributed by atoms with Crippen molar-refractivity contribution >= 4 is 5.96 Å². The number of rotatable bonds is 5. The SMILES string of the molecule is CN=C(NCCc1c(C)nn(C)c1C)NCC1CCCO1. The highest BCUT2D eigenvalue weighted by Gasteiger charge is 2.15. The van der Waals surface area contributed by atoms with Crippen LogP contribution in [0, 0.1) is 13.8 Å². The molecule has 6 heteroatoms. The van der Waals surface area contributed by atoms with E-state index in [1.807, 2.05) is 11.7 Å². The van der Waals surface area contributed by atoms with E-state index >= 15 is 0 Å². The monoisotopic (exact) mass is 293 g/mol. The van der Waals surface area contributed by atoms with Crippen molar-refractivity contribution in [1.29, 1.82) is 0 Å². The maximum absolute atomic E-state index is 5.60. The van der Waals surface area contributed by atoms with Crippen LogP contribution in [-0.4, -0.2) is 48.6 Å². The van der Waals surface area contributed by atoms with E-state index in [1.165, 1.54) is 11.3 Å². The molecule has 1 atom stereocenters. The molecule has 2 rings (SSSR count). The first-order valence-corrected chi connectivity index (χ1v) is 7.67. The Morgan fingerprint density at radius 3 is 2.81 bits per heavy atom. The minimum absolute atomic E-state index is 0.325. The lowest BCUT2D eigenvalue weighted by atomic mass is 10.1.